The quantitative estimate of drug-likeness (QED) is 0.774. The Morgan fingerprint density at radius 2 is 2.31 bits per heavy atom. The van der Waals surface area contributed by atoms with Crippen molar-refractivity contribution < 1.29 is 4.79 Å². The maximum absolute atomic E-state index is 11.6. The van der Waals surface area contributed by atoms with Gasteiger partial charge in [-0.1, -0.05) is 11.6 Å². The van der Waals surface area contributed by atoms with E-state index >= 15 is 0 Å². The Labute approximate surface area is 96.1 Å². The van der Waals surface area contributed by atoms with Gasteiger partial charge in [-0.25, -0.2) is 9.97 Å². The summed E-state index contributed by atoms with van der Waals surface area (Å²) in [7, 11) is 0. The van der Waals surface area contributed by atoms with Crippen molar-refractivity contribution >= 4 is 23.2 Å². The lowest BCUT2D eigenvalue weighted by atomic mass is 10.3. The van der Waals surface area contributed by atoms with E-state index < -0.39 is 5.91 Å². The van der Waals surface area contributed by atoms with Crippen LogP contribution in [0.2, 0.25) is 5.15 Å². The third-order valence-electron chi connectivity index (χ3n) is 1.85. The highest BCUT2D eigenvalue weighted by Crippen LogP contribution is 2.19. The molecule has 0 atom stereocenters. The minimum Gasteiger partial charge on any atom is -0.317 e. The van der Waals surface area contributed by atoms with Crippen LogP contribution in [0.25, 0.3) is 0 Å². The van der Waals surface area contributed by atoms with Gasteiger partial charge in [0.2, 0.25) is 5.82 Å². The Morgan fingerprint density at radius 3 is 3.00 bits per heavy atom. The van der Waals surface area contributed by atoms with Crippen molar-refractivity contribution in [3.8, 4) is 0 Å². The lowest BCUT2D eigenvalue weighted by molar-refractivity contribution is 0.101. The van der Waals surface area contributed by atoms with Gasteiger partial charge in [-0.3, -0.25) is 9.89 Å². The van der Waals surface area contributed by atoms with Crippen molar-refractivity contribution in [2.24, 2.45) is 0 Å². The zero-order valence-corrected chi connectivity index (χ0v) is 9.12. The van der Waals surface area contributed by atoms with Gasteiger partial charge in [-0.15, -0.1) is 0 Å². The van der Waals surface area contributed by atoms with E-state index in [0.29, 0.717) is 5.69 Å². The van der Waals surface area contributed by atoms with Gasteiger partial charge in [0.25, 0.3) is 5.91 Å². The summed E-state index contributed by atoms with van der Waals surface area (Å²) in [4.78, 5) is 19.2. The summed E-state index contributed by atoms with van der Waals surface area (Å²) < 4.78 is 0. The molecular formula is C9H8ClN5O. The van der Waals surface area contributed by atoms with Gasteiger partial charge >= 0.3 is 0 Å². The van der Waals surface area contributed by atoms with Gasteiger partial charge in [0.05, 0.1) is 5.69 Å². The second-order valence-electron chi connectivity index (χ2n) is 3.14. The van der Waals surface area contributed by atoms with Gasteiger partial charge in [-0.2, -0.15) is 5.10 Å². The number of aromatic amines is 1. The predicted octanol–water partition coefficient (Wildman–Crippen LogP) is 1.41. The van der Waals surface area contributed by atoms with Crippen LogP contribution in [-0.4, -0.2) is 26.1 Å². The number of aryl methyl sites for hydroxylation is 1. The van der Waals surface area contributed by atoms with Crippen molar-refractivity contribution in [1.29, 1.82) is 0 Å². The summed E-state index contributed by atoms with van der Waals surface area (Å²) in [6, 6.07) is 1.73. The fourth-order valence-corrected chi connectivity index (χ4v) is 1.29. The highest BCUT2D eigenvalue weighted by Gasteiger charge is 2.11. The van der Waals surface area contributed by atoms with Crippen LogP contribution in [0, 0.1) is 6.92 Å². The molecule has 2 aromatic rings. The lowest BCUT2D eigenvalue weighted by Crippen LogP contribution is -2.14. The second-order valence-corrected chi connectivity index (χ2v) is 3.50. The molecule has 2 N–H and O–H groups in total. The Balaban J connectivity index is 2.21. The topological polar surface area (TPSA) is 83.6 Å². The molecule has 0 saturated heterocycles. The van der Waals surface area contributed by atoms with E-state index in [2.05, 4.69) is 25.5 Å². The van der Waals surface area contributed by atoms with Crippen LogP contribution in [0.1, 0.15) is 16.2 Å². The fourth-order valence-electron chi connectivity index (χ4n) is 1.14. The number of halogens is 1. The maximum atomic E-state index is 11.6. The van der Waals surface area contributed by atoms with Gasteiger partial charge < -0.3 is 5.32 Å². The van der Waals surface area contributed by atoms with Gasteiger partial charge in [0, 0.05) is 6.20 Å². The number of pyridine rings is 1. The number of anilines is 1. The fraction of sp³-hybridized carbons (Fsp3) is 0.111. The zero-order chi connectivity index (χ0) is 11.5. The summed E-state index contributed by atoms with van der Waals surface area (Å²) in [5.41, 5.74) is 1.35. The smallest absolute Gasteiger partial charge is 0.293 e. The number of hydrogen-bond acceptors (Lipinski definition) is 4. The molecule has 0 fully saturated rings. The molecule has 0 aliphatic carbocycles. The number of rotatable bonds is 2. The molecule has 1 amide bonds. The van der Waals surface area contributed by atoms with Crippen LogP contribution in [-0.2, 0) is 0 Å². The maximum Gasteiger partial charge on any atom is 0.293 e. The van der Waals surface area contributed by atoms with Crippen molar-refractivity contribution in [3.63, 3.8) is 0 Å². The average molecular weight is 238 g/mol. The summed E-state index contributed by atoms with van der Waals surface area (Å²) in [6.45, 7) is 1.85. The van der Waals surface area contributed by atoms with E-state index in [1.54, 1.807) is 12.3 Å². The number of aromatic nitrogens is 4. The first-order valence-electron chi connectivity index (χ1n) is 4.45. The summed E-state index contributed by atoms with van der Waals surface area (Å²) >= 11 is 5.83. The first kappa shape index (κ1) is 10.6. The summed E-state index contributed by atoms with van der Waals surface area (Å²) in [6.07, 6.45) is 2.87. The number of nitrogens with one attached hydrogen (secondary N) is 2. The molecule has 0 spiro atoms. The Bertz CT molecular complexity index is 511. The van der Waals surface area contributed by atoms with E-state index in [1.165, 1.54) is 6.33 Å². The summed E-state index contributed by atoms with van der Waals surface area (Å²) in [5.74, 6) is -0.288. The molecule has 0 bridgehead atoms. The molecule has 0 saturated carbocycles. The third-order valence-corrected chi connectivity index (χ3v) is 2.16. The second kappa shape index (κ2) is 4.28. The first-order chi connectivity index (χ1) is 7.66. The van der Waals surface area contributed by atoms with E-state index in [1.807, 2.05) is 6.92 Å². The van der Waals surface area contributed by atoms with Crippen LogP contribution >= 0.6 is 11.6 Å². The first-order valence-corrected chi connectivity index (χ1v) is 4.83. The highest BCUT2D eigenvalue weighted by molar-refractivity contribution is 6.32. The van der Waals surface area contributed by atoms with Gasteiger partial charge in [0.1, 0.15) is 6.33 Å². The van der Waals surface area contributed by atoms with Crippen LogP contribution in [0.15, 0.2) is 18.6 Å². The SMILES string of the molecule is Cc1cnc(Cl)c(NC(=O)c2ncn[nH]2)c1. The van der Waals surface area contributed by atoms with E-state index in [4.69, 9.17) is 11.6 Å². The molecule has 0 aliphatic heterocycles. The molecule has 2 rings (SSSR count). The minimum absolute atomic E-state index is 0.123. The predicted molar refractivity (Wildman–Crippen MR) is 58.3 cm³/mol. The minimum atomic E-state index is -0.410. The van der Waals surface area contributed by atoms with Crippen LogP contribution in [0.5, 0.6) is 0 Å². The van der Waals surface area contributed by atoms with Gasteiger partial charge in [0.15, 0.2) is 5.15 Å². The normalized spacial score (nSPS) is 10.1. The Hall–Kier alpha value is -1.95. The number of amides is 1. The number of nitrogens with zero attached hydrogens (tertiary/aromatic N) is 3. The van der Waals surface area contributed by atoms with E-state index in [-0.39, 0.29) is 11.0 Å². The molecule has 0 aromatic carbocycles. The molecular weight excluding hydrogens is 230 g/mol. The standard InChI is InChI=1S/C9H8ClN5O/c1-5-2-6(7(10)11-3-5)14-9(16)8-12-4-13-15-8/h2-4H,1H3,(H,14,16)(H,12,13,15). The Morgan fingerprint density at radius 1 is 1.50 bits per heavy atom. The van der Waals surface area contributed by atoms with Crippen LogP contribution in [0.3, 0.4) is 0 Å². The molecule has 16 heavy (non-hydrogen) atoms. The van der Waals surface area contributed by atoms with E-state index in [9.17, 15) is 4.79 Å². The van der Waals surface area contributed by atoms with Crippen molar-refractivity contribution in [2.75, 3.05) is 5.32 Å². The van der Waals surface area contributed by atoms with Crippen LogP contribution < -0.4 is 5.32 Å². The molecule has 6 nitrogen and oxygen atoms in total. The Kier molecular flexibility index (Phi) is 2.82. The molecule has 2 aromatic heterocycles. The average Bonchev–Trinajstić information content (AvgIpc) is 2.76. The number of carbonyl (C=O) groups excluding carboxylic acids is 1. The van der Waals surface area contributed by atoms with Crippen molar-refractivity contribution in [3.05, 3.63) is 35.1 Å². The molecule has 0 unspecified atom stereocenters. The molecule has 0 radical (unpaired) electrons. The third kappa shape index (κ3) is 2.17. The van der Waals surface area contributed by atoms with Gasteiger partial charge in [-0.05, 0) is 18.6 Å². The zero-order valence-electron chi connectivity index (χ0n) is 8.36. The van der Waals surface area contributed by atoms with Crippen molar-refractivity contribution in [2.45, 2.75) is 6.92 Å². The monoisotopic (exact) mass is 237 g/mol. The molecule has 0 aliphatic rings. The lowest BCUT2D eigenvalue weighted by Gasteiger charge is -2.05. The van der Waals surface area contributed by atoms with Crippen molar-refractivity contribution in [1.82, 2.24) is 20.2 Å². The number of hydrogen-bond donors (Lipinski definition) is 2. The largest absolute Gasteiger partial charge is 0.317 e. The highest BCUT2D eigenvalue weighted by atomic mass is 35.5. The molecule has 7 heteroatoms. The number of H-pyrrole nitrogens is 1. The number of carbonyl (C=O) groups is 1. The summed E-state index contributed by atoms with van der Waals surface area (Å²) in [5, 5.41) is 8.85. The van der Waals surface area contributed by atoms with E-state index in [0.717, 1.165) is 5.56 Å². The molecule has 82 valence electrons. The molecule has 2 heterocycles. The van der Waals surface area contributed by atoms with Crippen LogP contribution in [0.4, 0.5) is 5.69 Å².